The molecule has 0 amide bonds. The average Bonchev–Trinajstić information content (AvgIpc) is 2.79. The number of aliphatic hydroxyl groups is 1. The van der Waals surface area contributed by atoms with Gasteiger partial charge >= 0.3 is 0 Å². The lowest BCUT2D eigenvalue weighted by Gasteiger charge is -2.06. The van der Waals surface area contributed by atoms with E-state index in [1.807, 2.05) is 6.20 Å². The van der Waals surface area contributed by atoms with E-state index in [2.05, 4.69) is 10.8 Å². The van der Waals surface area contributed by atoms with E-state index in [0.29, 0.717) is 6.54 Å². The summed E-state index contributed by atoms with van der Waals surface area (Å²) in [5.41, 5.74) is 3.38. The predicted octanol–water partition coefficient (Wildman–Crippen LogP) is 3.20. The Balaban J connectivity index is 1.79. The summed E-state index contributed by atoms with van der Waals surface area (Å²) in [7, 11) is 0. The van der Waals surface area contributed by atoms with Gasteiger partial charge in [0.15, 0.2) is 0 Å². The van der Waals surface area contributed by atoms with Crippen LogP contribution in [-0.2, 0) is 13.0 Å². The fourth-order valence-electron chi connectivity index (χ4n) is 2.92. The maximum atomic E-state index is 10.6. The van der Waals surface area contributed by atoms with E-state index in [1.165, 1.54) is 17.7 Å². The molecule has 1 atom stereocenters. The molecule has 5 heteroatoms. The van der Waals surface area contributed by atoms with E-state index >= 15 is 0 Å². The van der Waals surface area contributed by atoms with Gasteiger partial charge in [-0.05, 0) is 30.4 Å². The first-order valence-electron chi connectivity index (χ1n) is 7.23. The van der Waals surface area contributed by atoms with Crippen LogP contribution < -0.4 is 0 Å². The molecule has 0 saturated heterocycles. The number of nitro benzene ring substituents is 1. The van der Waals surface area contributed by atoms with Gasteiger partial charge in [0.05, 0.1) is 11.0 Å². The Morgan fingerprint density at radius 3 is 2.71 bits per heavy atom. The molecule has 2 aromatic rings. The van der Waals surface area contributed by atoms with Gasteiger partial charge in [0.25, 0.3) is 5.69 Å². The standard InChI is InChI=1S/C16H18N2O3/c19-16-4-2-1-3-13-10-17(11-15(13)16)9-12-5-7-14(8-6-12)18(20)21/h5-8,10-11,16,19H,1-4,9H2. The van der Waals surface area contributed by atoms with Gasteiger partial charge < -0.3 is 9.67 Å². The molecule has 1 N–H and O–H groups in total. The molecular weight excluding hydrogens is 268 g/mol. The Morgan fingerprint density at radius 2 is 2.00 bits per heavy atom. The van der Waals surface area contributed by atoms with Crippen LogP contribution in [0.2, 0.25) is 0 Å². The fraction of sp³-hybridized carbons (Fsp3) is 0.375. The molecule has 0 spiro atoms. The number of hydrogen-bond acceptors (Lipinski definition) is 3. The smallest absolute Gasteiger partial charge is 0.269 e. The molecular formula is C16H18N2O3. The molecule has 110 valence electrons. The summed E-state index contributed by atoms with van der Waals surface area (Å²) >= 11 is 0. The van der Waals surface area contributed by atoms with Crippen LogP contribution in [0.5, 0.6) is 0 Å². The van der Waals surface area contributed by atoms with Crippen LogP contribution in [0, 0.1) is 10.1 Å². The van der Waals surface area contributed by atoms with E-state index in [9.17, 15) is 15.2 Å². The minimum absolute atomic E-state index is 0.109. The molecule has 3 rings (SSSR count). The largest absolute Gasteiger partial charge is 0.388 e. The first kappa shape index (κ1) is 13.8. The van der Waals surface area contributed by atoms with Crippen LogP contribution in [0.4, 0.5) is 5.69 Å². The van der Waals surface area contributed by atoms with Gasteiger partial charge in [-0.1, -0.05) is 18.6 Å². The highest BCUT2D eigenvalue weighted by Crippen LogP contribution is 2.29. The maximum absolute atomic E-state index is 10.6. The molecule has 21 heavy (non-hydrogen) atoms. The number of non-ortho nitro benzene ring substituents is 1. The van der Waals surface area contributed by atoms with Gasteiger partial charge in [0.2, 0.25) is 0 Å². The molecule has 1 aromatic carbocycles. The summed E-state index contributed by atoms with van der Waals surface area (Å²) in [6.45, 7) is 0.664. The molecule has 1 aliphatic carbocycles. The molecule has 0 fully saturated rings. The van der Waals surface area contributed by atoms with E-state index < -0.39 is 4.92 Å². The Hall–Kier alpha value is -2.14. The number of benzene rings is 1. The number of nitro groups is 1. The molecule has 0 aliphatic heterocycles. The van der Waals surface area contributed by atoms with Gasteiger partial charge in [-0.15, -0.1) is 0 Å². The van der Waals surface area contributed by atoms with Gasteiger partial charge in [-0.2, -0.15) is 0 Å². The van der Waals surface area contributed by atoms with Gasteiger partial charge in [-0.25, -0.2) is 0 Å². The number of fused-ring (bicyclic) bond motifs is 1. The van der Waals surface area contributed by atoms with Crippen molar-refractivity contribution >= 4 is 5.69 Å². The third-order valence-electron chi connectivity index (χ3n) is 4.04. The summed E-state index contributed by atoms with van der Waals surface area (Å²) in [6.07, 6.45) is 7.76. The first-order chi connectivity index (χ1) is 10.1. The monoisotopic (exact) mass is 286 g/mol. The van der Waals surface area contributed by atoms with Crippen molar-refractivity contribution in [2.45, 2.75) is 38.3 Å². The maximum Gasteiger partial charge on any atom is 0.269 e. The Kier molecular flexibility index (Phi) is 3.75. The molecule has 0 saturated carbocycles. The summed E-state index contributed by atoms with van der Waals surface area (Å²) in [6, 6.07) is 6.61. The van der Waals surface area contributed by atoms with E-state index in [-0.39, 0.29) is 11.8 Å². The zero-order valence-corrected chi connectivity index (χ0v) is 11.7. The lowest BCUT2D eigenvalue weighted by Crippen LogP contribution is -1.98. The highest BCUT2D eigenvalue weighted by atomic mass is 16.6. The molecule has 0 bridgehead atoms. The average molecular weight is 286 g/mol. The van der Waals surface area contributed by atoms with Crippen molar-refractivity contribution in [3.63, 3.8) is 0 Å². The Morgan fingerprint density at radius 1 is 1.24 bits per heavy atom. The molecule has 1 unspecified atom stereocenters. The highest BCUT2D eigenvalue weighted by molar-refractivity contribution is 5.34. The zero-order valence-electron chi connectivity index (χ0n) is 11.7. The number of hydrogen-bond donors (Lipinski definition) is 1. The summed E-state index contributed by atoms with van der Waals surface area (Å²) in [5.74, 6) is 0. The van der Waals surface area contributed by atoms with Crippen LogP contribution in [-0.4, -0.2) is 14.6 Å². The van der Waals surface area contributed by atoms with Crippen molar-refractivity contribution < 1.29 is 10.0 Å². The second-order valence-electron chi connectivity index (χ2n) is 5.60. The number of nitrogens with zero attached hydrogens (tertiary/aromatic N) is 2. The second-order valence-corrected chi connectivity index (χ2v) is 5.60. The van der Waals surface area contributed by atoms with Gasteiger partial charge in [0.1, 0.15) is 0 Å². The fourth-order valence-corrected chi connectivity index (χ4v) is 2.92. The van der Waals surface area contributed by atoms with Gasteiger partial charge in [0, 0.05) is 36.6 Å². The van der Waals surface area contributed by atoms with Crippen LogP contribution in [0.3, 0.4) is 0 Å². The Labute approximate surface area is 123 Å². The lowest BCUT2D eigenvalue weighted by atomic mass is 10.1. The number of aliphatic hydroxyl groups excluding tert-OH is 1. The minimum Gasteiger partial charge on any atom is -0.388 e. The van der Waals surface area contributed by atoms with Gasteiger partial charge in [-0.3, -0.25) is 10.1 Å². The minimum atomic E-state index is -0.391. The van der Waals surface area contributed by atoms with Crippen LogP contribution in [0.15, 0.2) is 36.7 Å². The van der Waals surface area contributed by atoms with Crippen molar-refractivity contribution in [3.05, 3.63) is 63.5 Å². The van der Waals surface area contributed by atoms with Crippen LogP contribution >= 0.6 is 0 Å². The topological polar surface area (TPSA) is 68.3 Å². The van der Waals surface area contributed by atoms with Crippen molar-refractivity contribution in [1.29, 1.82) is 0 Å². The van der Waals surface area contributed by atoms with E-state index in [0.717, 1.165) is 36.8 Å². The number of aromatic nitrogens is 1. The quantitative estimate of drug-likeness (QED) is 0.535. The van der Waals surface area contributed by atoms with Crippen molar-refractivity contribution in [3.8, 4) is 0 Å². The summed E-state index contributed by atoms with van der Waals surface area (Å²) in [5, 5.41) is 20.8. The summed E-state index contributed by atoms with van der Waals surface area (Å²) < 4.78 is 2.06. The van der Waals surface area contributed by atoms with Crippen LogP contribution in [0.25, 0.3) is 0 Å². The van der Waals surface area contributed by atoms with Crippen LogP contribution in [0.1, 0.15) is 42.1 Å². The highest BCUT2D eigenvalue weighted by Gasteiger charge is 2.18. The third kappa shape index (κ3) is 2.97. The number of aryl methyl sites for hydroxylation is 1. The van der Waals surface area contributed by atoms with Crippen molar-refractivity contribution in [2.24, 2.45) is 0 Å². The normalized spacial score (nSPS) is 18.0. The van der Waals surface area contributed by atoms with Crippen molar-refractivity contribution in [1.82, 2.24) is 4.57 Å². The second kappa shape index (κ2) is 5.69. The molecule has 1 aromatic heterocycles. The lowest BCUT2D eigenvalue weighted by molar-refractivity contribution is -0.384. The SMILES string of the molecule is O=[N+]([O-])c1ccc(Cn2cc3c(c2)C(O)CCCC3)cc1. The number of rotatable bonds is 3. The van der Waals surface area contributed by atoms with E-state index in [1.54, 1.807) is 12.1 Å². The van der Waals surface area contributed by atoms with Crippen molar-refractivity contribution in [2.75, 3.05) is 0 Å². The van der Waals surface area contributed by atoms with E-state index in [4.69, 9.17) is 0 Å². The first-order valence-corrected chi connectivity index (χ1v) is 7.23. The third-order valence-corrected chi connectivity index (χ3v) is 4.04. The molecule has 1 aliphatic rings. The predicted molar refractivity (Wildman–Crippen MR) is 79.1 cm³/mol. The zero-order chi connectivity index (χ0) is 14.8. The molecule has 5 nitrogen and oxygen atoms in total. The molecule has 1 heterocycles. The summed E-state index contributed by atoms with van der Waals surface area (Å²) in [4.78, 5) is 10.3. The molecule has 0 radical (unpaired) electrons. The Bertz CT molecular complexity index is 646.